The molecule has 1 aromatic rings. The van der Waals surface area contributed by atoms with E-state index in [4.69, 9.17) is 16.3 Å². The number of nitrogens with zero attached hydrogens (tertiary/aromatic N) is 1. The van der Waals surface area contributed by atoms with Crippen LogP contribution in [0.25, 0.3) is 0 Å². The van der Waals surface area contributed by atoms with Crippen molar-refractivity contribution in [3.05, 3.63) is 29.0 Å². The van der Waals surface area contributed by atoms with E-state index in [9.17, 15) is 4.39 Å². The summed E-state index contributed by atoms with van der Waals surface area (Å²) in [5, 5.41) is 0.395. The lowest BCUT2D eigenvalue weighted by Gasteiger charge is -2.32. The third-order valence-corrected chi connectivity index (χ3v) is 3.87. The zero-order valence-electron chi connectivity index (χ0n) is 10.8. The molecule has 1 unspecified atom stereocenters. The predicted molar refractivity (Wildman–Crippen MR) is 71.7 cm³/mol. The minimum atomic E-state index is -0.387. The molecule has 0 saturated carbocycles. The molecule has 0 spiro atoms. The second-order valence-electron chi connectivity index (χ2n) is 5.04. The van der Waals surface area contributed by atoms with Crippen molar-refractivity contribution < 1.29 is 9.13 Å². The highest BCUT2D eigenvalue weighted by Gasteiger charge is 2.24. The molecule has 0 aliphatic carbocycles. The molecule has 1 aliphatic heterocycles. The van der Waals surface area contributed by atoms with E-state index < -0.39 is 0 Å². The molecule has 0 radical (unpaired) electrons. The van der Waals surface area contributed by atoms with Gasteiger partial charge in [0.15, 0.2) is 11.6 Å². The van der Waals surface area contributed by atoms with E-state index in [1.165, 1.54) is 6.07 Å². The van der Waals surface area contributed by atoms with Crippen LogP contribution in [0.15, 0.2) is 18.2 Å². The fourth-order valence-corrected chi connectivity index (χ4v) is 2.52. The largest absolute Gasteiger partial charge is 0.487 e. The van der Waals surface area contributed by atoms with Crippen molar-refractivity contribution in [2.24, 2.45) is 5.92 Å². The first-order valence-corrected chi connectivity index (χ1v) is 6.74. The maximum atomic E-state index is 13.6. The van der Waals surface area contributed by atoms with Crippen LogP contribution in [0.5, 0.6) is 5.75 Å². The average Bonchev–Trinajstić information content (AvgIpc) is 2.33. The fraction of sp³-hybridized carbons (Fsp3) is 0.571. The summed E-state index contributed by atoms with van der Waals surface area (Å²) in [6.07, 6.45) is 2.24. The van der Waals surface area contributed by atoms with Crippen LogP contribution in [-0.2, 0) is 0 Å². The standard InChI is InChI=1S/C14H19ClFNO/c1-10(11-5-7-17(2)8-6-11)18-14-4-3-12(15)9-13(14)16/h3-4,9-11H,5-8H2,1-2H3. The van der Waals surface area contributed by atoms with Crippen LogP contribution < -0.4 is 4.74 Å². The molecule has 1 atom stereocenters. The summed E-state index contributed by atoms with van der Waals surface area (Å²) in [5.74, 6) is 0.407. The molecule has 18 heavy (non-hydrogen) atoms. The molecule has 4 heteroatoms. The normalized spacial score (nSPS) is 19.8. The smallest absolute Gasteiger partial charge is 0.166 e. The maximum absolute atomic E-state index is 13.6. The quantitative estimate of drug-likeness (QED) is 0.833. The van der Waals surface area contributed by atoms with E-state index in [-0.39, 0.29) is 11.9 Å². The van der Waals surface area contributed by atoms with Crippen molar-refractivity contribution in [1.29, 1.82) is 0 Å². The maximum Gasteiger partial charge on any atom is 0.166 e. The highest BCUT2D eigenvalue weighted by Crippen LogP contribution is 2.27. The lowest BCUT2D eigenvalue weighted by Crippen LogP contribution is -2.36. The number of hydrogen-bond acceptors (Lipinski definition) is 2. The summed E-state index contributed by atoms with van der Waals surface area (Å²) in [4.78, 5) is 2.31. The van der Waals surface area contributed by atoms with Crippen LogP contribution in [0.3, 0.4) is 0 Å². The van der Waals surface area contributed by atoms with Gasteiger partial charge in [0, 0.05) is 5.02 Å². The van der Waals surface area contributed by atoms with Crippen LogP contribution in [-0.4, -0.2) is 31.1 Å². The predicted octanol–water partition coefficient (Wildman–Crippen LogP) is 3.59. The minimum absolute atomic E-state index is 0.0365. The molecule has 0 bridgehead atoms. The Morgan fingerprint density at radius 2 is 2.06 bits per heavy atom. The summed E-state index contributed by atoms with van der Waals surface area (Å²) in [7, 11) is 2.13. The Kier molecular flexibility index (Phi) is 4.46. The third-order valence-electron chi connectivity index (χ3n) is 3.63. The van der Waals surface area contributed by atoms with Gasteiger partial charge in [0.2, 0.25) is 0 Å². The van der Waals surface area contributed by atoms with Gasteiger partial charge < -0.3 is 9.64 Å². The van der Waals surface area contributed by atoms with Crippen molar-refractivity contribution in [2.75, 3.05) is 20.1 Å². The molecule has 100 valence electrons. The lowest BCUT2D eigenvalue weighted by molar-refractivity contribution is 0.0944. The highest BCUT2D eigenvalue weighted by molar-refractivity contribution is 6.30. The first kappa shape index (κ1) is 13.6. The van der Waals surface area contributed by atoms with Crippen LogP contribution in [0.4, 0.5) is 4.39 Å². The van der Waals surface area contributed by atoms with E-state index in [1.54, 1.807) is 12.1 Å². The Morgan fingerprint density at radius 3 is 2.67 bits per heavy atom. The second kappa shape index (κ2) is 5.89. The highest BCUT2D eigenvalue weighted by atomic mass is 35.5. The van der Waals surface area contributed by atoms with Gasteiger partial charge in [0.05, 0.1) is 6.10 Å². The Morgan fingerprint density at radius 1 is 1.39 bits per heavy atom. The topological polar surface area (TPSA) is 12.5 Å². The summed E-state index contributed by atoms with van der Waals surface area (Å²) < 4.78 is 19.3. The minimum Gasteiger partial charge on any atom is -0.487 e. The number of halogens is 2. The van der Waals surface area contributed by atoms with Crippen LogP contribution in [0.1, 0.15) is 19.8 Å². The lowest BCUT2D eigenvalue weighted by atomic mass is 9.92. The first-order chi connectivity index (χ1) is 8.56. The number of rotatable bonds is 3. The number of hydrogen-bond donors (Lipinski definition) is 0. The van der Waals surface area contributed by atoms with E-state index >= 15 is 0 Å². The Labute approximate surface area is 113 Å². The number of ether oxygens (including phenoxy) is 1. The average molecular weight is 272 g/mol. The van der Waals surface area contributed by atoms with Gasteiger partial charge in [-0.3, -0.25) is 0 Å². The molecule has 1 saturated heterocycles. The second-order valence-corrected chi connectivity index (χ2v) is 5.47. The van der Waals surface area contributed by atoms with Gasteiger partial charge in [-0.1, -0.05) is 11.6 Å². The number of piperidine rings is 1. The van der Waals surface area contributed by atoms with E-state index in [0.717, 1.165) is 25.9 Å². The molecule has 0 N–H and O–H groups in total. The summed E-state index contributed by atoms with van der Waals surface area (Å²) in [6.45, 7) is 4.19. The van der Waals surface area contributed by atoms with E-state index in [2.05, 4.69) is 11.9 Å². The molecule has 1 aromatic carbocycles. The number of likely N-dealkylation sites (tertiary alicyclic amines) is 1. The Hall–Kier alpha value is -0.800. The van der Waals surface area contributed by atoms with Gasteiger partial charge in [0.25, 0.3) is 0 Å². The van der Waals surface area contributed by atoms with Gasteiger partial charge in [-0.15, -0.1) is 0 Å². The van der Waals surface area contributed by atoms with Crippen LogP contribution in [0.2, 0.25) is 5.02 Å². The third kappa shape index (κ3) is 3.36. The molecule has 1 aliphatic rings. The monoisotopic (exact) mass is 271 g/mol. The summed E-state index contributed by atoms with van der Waals surface area (Å²) in [5.41, 5.74) is 0. The van der Waals surface area contributed by atoms with Crippen LogP contribution >= 0.6 is 11.6 Å². The van der Waals surface area contributed by atoms with Crippen molar-refractivity contribution in [3.63, 3.8) is 0 Å². The van der Waals surface area contributed by atoms with Gasteiger partial charge in [0.1, 0.15) is 0 Å². The van der Waals surface area contributed by atoms with Crippen molar-refractivity contribution in [1.82, 2.24) is 4.90 Å². The van der Waals surface area contributed by atoms with Gasteiger partial charge in [-0.05, 0) is 64.0 Å². The Bertz CT molecular complexity index is 405. The SMILES string of the molecule is CC(Oc1ccc(Cl)cc1F)C1CCN(C)CC1. The molecular formula is C14H19ClFNO. The summed E-state index contributed by atoms with van der Waals surface area (Å²) >= 11 is 5.72. The van der Waals surface area contributed by atoms with Crippen LogP contribution in [0, 0.1) is 11.7 Å². The summed E-state index contributed by atoms with van der Waals surface area (Å²) in [6, 6.07) is 4.54. The molecule has 2 rings (SSSR count). The van der Waals surface area contributed by atoms with E-state index in [1.807, 2.05) is 6.92 Å². The molecular weight excluding hydrogens is 253 g/mol. The van der Waals surface area contributed by atoms with Crippen molar-refractivity contribution in [2.45, 2.75) is 25.9 Å². The fourth-order valence-electron chi connectivity index (χ4n) is 2.37. The van der Waals surface area contributed by atoms with Gasteiger partial charge in [-0.25, -0.2) is 4.39 Å². The molecule has 2 nitrogen and oxygen atoms in total. The molecule has 1 heterocycles. The molecule has 0 amide bonds. The zero-order valence-corrected chi connectivity index (χ0v) is 11.6. The first-order valence-electron chi connectivity index (χ1n) is 6.36. The molecule has 0 aromatic heterocycles. The van der Waals surface area contributed by atoms with Crippen molar-refractivity contribution >= 4 is 11.6 Å². The molecule has 1 fully saturated rings. The van der Waals surface area contributed by atoms with Gasteiger partial charge in [-0.2, -0.15) is 0 Å². The Balaban J connectivity index is 1.96. The number of benzene rings is 1. The van der Waals surface area contributed by atoms with Crippen molar-refractivity contribution in [3.8, 4) is 5.75 Å². The zero-order chi connectivity index (χ0) is 13.1. The van der Waals surface area contributed by atoms with E-state index in [0.29, 0.717) is 16.7 Å². The van der Waals surface area contributed by atoms with Gasteiger partial charge >= 0.3 is 0 Å².